The van der Waals surface area contributed by atoms with Gasteiger partial charge in [0.05, 0.1) is 11.0 Å². The van der Waals surface area contributed by atoms with Gasteiger partial charge in [0.1, 0.15) is 0 Å². The zero-order valence-electron chi connectivity index (χ0n) is 17.4. The molecule has 0 saturated carbocycles. The zero-order valence-corrected chi connectivity index (χ0v) is 20.6. The van der Waals surface area contributed by atoms with Crippen molar-refractivity contribution in [2.24, 2.45) is 16.3 Å². The predicted molar refractivity (Wildman–Crippen MR) is 128 cm³/mol. The molecule has 160 valence electrons. The summed E-state index contributed by atoms with van der Waals surface area (Å²) in [7, 11) is 1.78. The Hall–Kier alpha value is -0.870. The van der Waals surface area contributed by atoms with Crippen LogP contribution in [0.15, 0.2) is 22.5 Å². The second kappa shape index (κ2) is 12.6. The van der Waals surface area contributed by atoms with E-state index in [0.29, 0.717) is 12.5 Å². The normalized spacial score (nSPS) is 20.2. The Morgan fingerprint density at radius 2 is 2.04 bits per heavy atom. The quantitative estimate of drug-likeness (QED) is 0.222. The lowest BCUT2D eigenvalue weighted by molar-refractivity contribution is -0.0835. The van der Waals surface area contributed by atoms with Crippen LogP contribution in [0.2, 0.25) is 0 Å². The van der Waals surface area contributed by atoms with Crippen LogP contribution in [0.5, 0.6) is 0 Å². The van der Waals surface area contributed by atoms with E-state index in [4.69, 9.17) is 4.74 Å². The second-order valence-electron chi connectivity index (χ2n) is 8.03. The van der Waals surface area contributed by atoms with Crippen molar-refractivity contribution in [1.82, 2.24) is 16.0 Å². The average Bonchev–Trinajstić information content (AvgIpc) is 3.18. The van der Waals surface area contributed by atoms with Gasteiger partial charge in [0.2, 0.25) is 0 Å². The van der Waals surface area contributed by atoms with Crippen molar-refractivity contribution < 1.29 is 9.53 Å². The van der Waals surface area contributed by atoms with Crippen LogP contribution in [0.3, 0.4) is 0 Å². The van der Waals surface area contributed by atoms with E-state index in [9.17, 15) is 4.79 Å². The molecule has 2 heterocycles. The average molecular weight is 522 g/mol. The lowest BCUT2D eigenvalue weighted by Gasteiger charge is -2.40. The maximum Gasteiger partial charge on any atom is 0.261 e. The number of carbonyl (C=O) groups is 1. The SMILES string of the molecule is CN=C(NCCCNC(=O)c1cccs1)NCC1CCCOC1C(C)(C)C.I. The Bertz CT molecular complexity index is 602. The van der Waals surface area contributed by atoms with Crippen molar-refractivity contribution in [1.29, 1.82) is 0 Å². The first kappa shape index (κ1) is 25.2. The van der Waals surface area contributed by atoms with Gasteiger partial charge in [-0.2, -0.15) is 0 Å². The highest BCUT2D eigenvalue weighted by atomic mass is 127. The van der Waals surface area contributed by atoms with Gasteiger partial charge in [0.15, 0.2) is 5.96 Å². The summed E-state index contributed by atoms with van der Waals surface area (Å²) < 4.78 is 6.05. The molecule has 0 spiro atoms. The monoisotopic (exact) mass is 522 g/mol. The van der Waals surface area contributed by atoms with E-state index < -0.39 is 0 Å². The maximum absolute atomic E-state index is 11.9. The number of ether oxygens (including phenoxy) is 1. The molecule has 3 N–H and O–H groups in total. The fraction of sp³-hybridized carbons (Fsp3) is 0.700. The Morgan fingerprint density at radius 1 is 1.29 bits per heavy atom. The summed E-state index contributed by atoms with van der Waals surface area (Å²) in [4.78, 5) is 16.9. The number of halogens is 1. The Labute approximate surface area is 190 Å². The van der Waals surface area contributed by atoms with Gasteiger partial charge in [0.25, 0.3) is 5.91 Å². The molecular weight excluding hydrogens is 487 g/mol. The van der Waals surface area contributed by atoms with Crippen molar-refractivity contribution >= 4 is 47.2 Å². The number of carbonyl (C=O) groups excluding carboxylic acids is 1. The Morgan fingerprint density at radius 3 is 2.68 bits per heavy atom. The topological polar surface area (TPSA) is 74.8 Å². The molecule has 2 unspecified atom stereocenters. The van der Waals surface area contributed by atoms with Gasteiger partial charge in [-0.1, -0.05) is 26.8 Å². The summed E-state index contributed by atoms with van der Waals surface area (Å²) >= 11 is 1.46. The van der Waals surface area contributed by atoms with Gasteiger partial charge in [-0.3, -0.25) is 9.79 Å². The van der Waals surface area contributed by atoms with E-state index in [-0.39, 0.29) is 41.4 Å². The fourth-order valence-corrected chi connectivity index (χ4v) is 4.09. The molecule has 2 rings (SSSR count). The molecule has 1 aliphatic rings. The fourth-order valence-electron chi connectivity index (χ4n) is 3.45. The Kier molecular flexibility index (Phi) is 11.4. The van der Waals surface area contributed by atoms with Crippen LogP contribution in [0.4, 0.5) is 0 Å². The molecule has 28 heavy (non-hydrogen) atoms. The molecule has 6 nitrogen and oxygen atoms in total. The number of rotatable bonds is 7. The number of guanidine groups is 1. The molecule has 0 aliphatic carbocycles. The number of hydrogen-bond donors (Lipinski definition) is 3. The summed E-state index contributed by atoms with van der Waals surface area (Å²) in [5, 5.41) is 11.6. The predicted octanol–water partition coefficient (Wildman–Crippen LogP) is 3.49. The molecule has 1 amide bonds. The third kappa shape index (κ3) is 8.24. The molecule has 1 aliphatic heterocycles. The molecule has 1 fully saturated rings. The summed E-state index contributed by atoms with van der Waals surface area (Å²) in [6, 6.07) is 3.72. The van der Waals surface area contributed by atoms with Crippen molar-refractivity contribution in [2.75, 3.05) is 33.3 Å². The van der Waals surface area contributed by atoms with Crippen LogP contribution >= 0.6 is 35.3 Å². The number of hydrogen-bond acceptors (Lipinski definition) is 4. The van der Waals surface area contributed by atoms with Gasteiger partial charge in [-0.15, -0.1) is 35.3 Å². The van der Waals surface area contributed by atoms with Gasteiger partial charge in [-0.05, 0) is 36.1 Å². The first-order chi connectivity index (χ1) is 12.9. The standard InChI is InChI=1S/C20H34N4O2S.HI/c1-20(2,3)17-15(8-5-12-26-17)14-24-19(21-4)23-11-7-10-22-18(25)16-9-6-13-27-16;/h6,9,13,15,17H,5,7-8,10-12,14H2,1-4H3,(H,22,25)(H2,21,23,24);1H. The first-order valence-electron chi connectivity index (χ1n) is 9.79. The highest BCUT2D eigenvalue weighted by molar-refractivity contribution is 14.0. The van der Waals surface area contributed by atoms with E-state index in [1.165, 1.54) is 17.8 Å². The van der Waals surface area contributed by atoms with Crippen LogP contribution in [-0.4, -0.2) is 51.3 Å². The molecule has 8 heteroatoms. The van der Waals surface area contributed by atoms with Crippen LogP contribution in [-0.2, 0) is 4.74 Å². The number of amides is 1. The molecule has 1 saturated heterocycles. The van der Waals surface area contributed by atoms with Crippen molar-refractivity contribution in [3.05, 3.63) is 22.4 Å². The highest BCUT2D eigenvalue weighted by Crippen LogP contribution is 2.33. The van der Waals surface area contributed by atoms with Crippen molar-refractivity contribution in [3.8, 4) is 0 Å². The molecule has 0 aromatic carbocycles. The van der Waals surface area contributed by atoms with E-state index in [1.807, 2.05) is 17.5 Å². The Balaban J connectivity index is 0.00000392. The van der Waals surface area contributed by atoms with Crippen LogP contribution in [0, 0.1) is 11.3 Å². The molecule has 1 aromatic rings. The molecule has 2 atom stereocenters. The van der Waals surface area contributed by atoms with Gasteiger partial charge in [-0.25, -0.2) is 0 Å². The smallest absolute Gasteiger partial charge is 0.261 e. The molecule has 0 bridgehead atoms. The molecular formula is C20H35IN4O2S. The van der Waals surface area contributed by atoms with E-state index in [1.54, 1.807) is 7.05 Å². The number of aliphatic imine (C=N–C) groups is 1. The largest absolute Gasteiger partial charge is 0.377 e. The molecule has 1 aromatic heterocycles. The van der Waals surface area contributed by atoms with E-state index in [0.717, 1.165) is 43.4 Å². The summed E-state index contributed by atoms with van der Waals surface area (Å²) in [5.74, 6) is 1.29. The second-order valence-corrected chi connectivity index (χ2v) is 8.97. The summed E-state index contributed by atoms with van der Waals surface area (Å²) in [6.45, 7) is 9.85. The van der Waals surface area contributed by atoms with Crippen molar-refractivity contribution in [3.63, 3.8) is 0 Å². The maximum atomic E-state index is 11.9. The minimum Gasteiger partial charge on any atom is -0.377 e. The van der Waals surface area contributed by atoms with E-state index >= 15 is 0 Å². The lowest BCUT2D eigenvalue weighted by Crippen LogP contribution is -2.47. The third-order valence-corrected chi connectivity index (χ3v) is 5.60. The minimum absolute atomic E-state index is 0. The summed E-state index contributed by atoms with van der Waals surface area (Å²) in [5.41, 5.74) is 0.143. The van der Waals surface area contributed by atoms with E-state index in [2.05, 4.69) is 41.7 Å². The van der Waals surface area contributed by atoms with Crippen LogP contribution in [0.1, 0.15) is 49.7 Å². The lowest BCUT2D eigenvalue weighted by atomic mass is 9.78. The number of thiophene rings is 1. The van der Waals surface area contributed by atoms with Gasteiger partial charge >= 0.3 is 0 Å². The molecule has 0 radical (unpaired) electrons. The number of nitrogens with one attached hydrogen (secondary N) is 3. The van der Waals surface area contributed by atoms with Gasteiger partial charge < -0.3 is 20.7 Å². The third-order valence-electron chi connectivity index (χ3n) is 4.73. The zero-order chi connectivity index (χ0) is 19.7. The minimum atomic E-state index is -0.00183. The highest BCUT2D eigenvalue weighted by Gasteiger charge is 2.35. The van der Waals surface area contributed by atoms with Crippen molar-refractivity contribution in [2.45, 2.75) is 46.1 Å². The van der Waals surface area contributed by atoms with Crippen LogP contribution in [0.25, 0.3) is 0 Å². The number of nitrogens with zero attached hydrogens (tertiary/aromatic N) is 1. The first-order valence-corrected chi connectivity index (χ1v) is 10.7. The van der Waals surface area contributed by atoms with Gasteiger partial charge in [0, 0.05) is 39.2 Å². The summed E-state index contributed by atoms with van der Waals surface area (Å²) in [6.07, 6.45) is 3.41. The van der Waals surface area contributed by atoms with Crippen LogP contribution < -0.4 is 16.0 Å².